The molecule has 1 heterocycles. The summed E-state index contributed by atoms with van der Waals surface area (Å²) in [6, 6.07) is 2.95. The minimum Gasteiger partial charge on any atom is -0.383 e. The summed E-state index contributed by atoms with van der Waals surface area (Å²) in [5.41, 5.74) is 0.180. The van der Waals surface area contributed by atoms with Gasteiger partial charge >= 0.3 is 6.18 Å². The maximum absolute atomic E-state index is 12.0. The number of nitrogens with one attached hydrogen (secondary N) is 2. The van der Waals surface area contributed by atoms with Crippen molar-refractivity contribution in [3.8, 4) is 0 Å². The van der Waals surface area contributed by atoms with E-state index in [0.717, 1.165) is 6.42 Å². The highest BCUT2D eigenvalue weighted by Crippen LogP contribution is 2.19. The number of aromatic nitrogens is 1. The average molecular weight is 297 g/mol. The van der Waals surface area contributed by atoms with Crippen molar-refractivity contribution in [3.63, 3.8) is 0 Å². The molecule has 108 valence electrons. The van der Waals surface area contributed by atoms with E-state index in [2.05, 4.69) is 10.3 Å². The van der Waals surface area contributed by atoms with E-state index in [0.29, 0.717) is 6.54 Å². The van der Waals surface area contributed by atoms with Gasteiger partial charge in [-0.05, 0) is 18.6 Å². The van der Waals surface area contributed by atoms with Crippen molar-refractivity contribution >= 4 is 15.7 Å². The van der Waals surface area contributed by atoms with Crippen LogP contribution in [0, 0.1) is 0 Å². The van der Waals surface area contributed by atoms with Gasteiger partial charge in [0.05, 0.1) is 5.69 Å². The lowest BCUT2D eigenvalue weighted by Crippen LogP contribution is -2.34. The van der Waals surface area contributed by atoms with Crippen LogP contribution in [0.5, 0.6) is 0 Å². The Bertz CT molecular complexity index is 517. The van der Waals surface area contributed by atoms with Gasteiger partial charge in [0.15, 0.2) is 5.03 Å². The second kappa shape index (κ2) is 6.20. The summed E-state index contributed by atoms with van der Waals surface area (Å²) in [4.78, 5) is 3.62. The third-order valence-electron chi connectivity index (χ3n) is 2.05. The average Bonchev–Trinajstić information content (AvgIpc) is 2.34. The molecular formula is C10H14F3N3O2S. The summed E-state index contributed by atoms with van der Waals surface area (Å²) in [7, 11) is -4.30. The van der Waals surface area contributed by atoms with Crippen LogP contribution in [0.1, 0.15) is 13.3 Å². The fraction of sp³-hybridized carbons (Fsp3) is 0.500. The van der Waals surface area contributed by atoms with E-state index in [1.807, 2.05) is 6.92 Å². The van der Waals surface area contributed by atoms with Crippen LogP contribution < -0.4 is 10.0 Å². The van der Waals surface area contributed by atoms with E-state index < -0.39 is 27.8 Å². The van der Waals surface area contributed by atoms with E-state index in [1.54, 1.807) is 0 Å². The first kappa shape index (κ1) is 15.7. The topological polar surface area (TPSA) is 71.1 Å². The van der Waals surface area contributed by atoms with Crippen LogP contribution >= 0.6 is 0 Å². The molecule has 9 heteroatoms. The zero-order chi connectivity index (χ0) is 14.5. The van der Waals surface area contributed by atoms with E-state index in [4.69, 9.17) is 0 Å². The van der Waals surface area contributed by atoms with Gasteiger partial charge in [0.2, 0.25) is 0 Å². The Labute approximate surface area is 109 Å². The molecule has 1 aromatic rings. The monoisotopic (exact) mass is 297 g/mol. The van der Waals surface area contributed by atoms with Gasteiger partial charge in [-0.1, -0.05) is 6.92 Å². The third-order valence-corrected chi connectivity index (χ3v) is 3.41. The molecule has 0 saturated carbocycles. The molecule has 0 amide bonds. The first-order valence-electron chi connectivity index (χ1n) is 5.51. The fourth-order valence-electron chi connectivity index (χ4n) is 1.24. The lowest BCUT2D eigenvalue weighted by Gasteiger charge is -2.12. The number of nitrogens with zero attached hydrogens (tertiary/aromatic N) is 1. The molecule has 19 heavy (non-hydrogen) atoms. The first-order valence-corrected chi connectivity index (χ1v) is 7.00. The van der Waals surface area contributed by atoms with Gasteiger partial charge in [0.25, 0.3) is 10.0 Å². The fourth-order valence-corrected chi connectivity index (χ4v) is 2.36. The quantitative estimate of drug-likeness (QED) is 0.839. The highest BCUT2D eigenvalue weighted by molar-refractivity contribution is 7.89. The van der Waals surface area contributed by atoms with E-state index in [-0.39, 0.29) is 5.69 Å². The summed E-state index contributed by atoms with van der Waals surface area (Å²) in [6.45, 7) is 0.742. The van der Waals surface area contributed by atoms with Gasteiger partial charge in [0, 0.05) is 12.7 Å². The molecule has 0 bridgehead atoms. The summed E-state index contributed by atoms with van der Waals surface area (Å²) >= 11 is 0. The molecule has 2 N–H and O–H groups in total. The van der Waals surface area contributed by atoms with Crippen molar-refractivity contribution in [2.45, 2.75) is 24.5 Å². The molecule has 0 spiro atoms. The largest absolute Gasteiger partial charge is 0.402 e. The number of pyridine rings is 1. The summed E-state index contributed by atoms with van der Waals surface area (Å²) in [5.74, 6) is 0. The van der Waals surface area contributed by atoms with Crippen LogP contribution in [0.15, 0.2) is 23.4 Å². The SMILES string of the molecule is CCCNc1cccnc1S(=O)(=O)NCC(F)(F)F. The van der Waals surface area contributed by atoms with E-state index in [9.17, 15) is 21.6 Å². The molecule has 0 atom stereocenters. The Hall–Kier alpha value is -1.35. The van der Waals surface area contributed by atoms with Crippen molar-refractivity contribution in [2.75, 3.05) is 18.4 Å². The number of sulfonamides is 1. The lowest BCUT2D eigenvalue weighted by atomic mass is 10.4. The van der Waals surface area contributed by atoms with E-state index >= 15 is 0 Å². The number of hydrogen-bond acceptors (Lipinski definition) is 4. The van der Waals surface area contributed by atoms with Gasteiger partial charge in [-0.25, -0.2) is 18.1 Å². The predicted molar refractivity (Wildman–Crippen MR) is 64.3 cm³/mol. The number of alkyl halides is 3. The smallest absolute Gasteiger partial charge is 0.383 e. The van der Waals surface area contributed by atoms with Crippen molar-refractivity contribution in [2.24, 2.45) is 0 Å². The van der Waals surface area contributed by atoms with Gasteiger partial charge < -0.3 is 5.32 Å². The van der Waals surface area contributed by atoms with Crippen LogP contribution in [0.3, 0.4) is 0 Å². The first-order chi connectivity index (χ1) is 8.76. The maximum atomic E-state index is 12.0. The van der Waals surface area contributed by atoms with Crippen LogP contribution in [0.2, 0.25) is 0 Å². The molecule has 0 unspecified atom stereocenters. The highest BCUT2D eigenvalue weighted by Gasteiger charge is 2.31. The standard InChI is InChI=1S/C10H14F3N3O2S/c1-2-5-14-8-4-3-6-15-9(8)19(17,18)16-7-10(11,12)13/h3-4,6,14,16H,2,5,7H2,1H3. The van der Waals surface area contributed by atoms with Crippen molar-refractivity contribution in [3.05, 3.63) is 18.3 Å². The lowest BCUT2D eigenvalue weighted by molar-refractivity contribution is -0.121. The summed E-state index contributed by atoms with van der Waals surface area (Å²) in [6.07, 6.45) is -2.66. The Kier molecular flexibility index (Phi) is 5.12. The minimum atomic E-state index is -4.61. The molecule has 0 aromatic carbocycles. The maximum Gasteiger partial charge on any atom is 0.402 e. The van der Waals surface area contributed by atoms with Crippen molar-refractivity contribution in [1.82, 2.24) is 9.71 Å². The summed E-state index contributed by atoms with van der Waals surface area (Å²) in [5, 5.41) is 2.37. The molecule has 1 rings (SSSR count). The number of anilines is 1. The van der Waals surface area contributed by atoms with Gasteiger partial charge in [-0.2, -0.15) is 13.2 Å². The number of rotatable bonds is 6. The van der Waals surface area contributed by atoms with Crippen LogP contribution in [-0.4, -0.2) is 32.7 Å². The zero-order valence-electron chi connectivity index (χ0n) is 10.2. The zero-order valence-corrected chi connectivity index (χ0v) is 11.0. The Balaban J connectivity index is 2.94. The number of hydrogen-bond donors (Lipinski definition) is 2. The molecule has 1 aromatic heterocycles. The van der Waals surface area contributed by atoms with Gasteiger partial charge in [-0.15, -0.1) is 0 Å². The Morgan fingerprint density at radius 3 is 2.63 bits per heavy atom. The third kappa shape index (κ3) is 5.03. The molecule has 0 aliphatic carbocycles. The minimum absolute atomic E-state index is 0.180. The molecule has 0 fully saturated rings. The van der Waals surface area contributed by atoms with Gasteiger partial charge in [-0.3, -0.25) is 0 Å². The molecule has 0 saturated heterocycles. The molecule has 0 radical (unpaired) electrons. The molecule has 0 aliphatic rings. The van der Waals surface area contributed by atoms with E-state index in [1.165, 1.54) is 23.1 Å². The molecule has 0 aliphatic heterocycles. The van der Waals surface area contributed by atoms with Crippen molar-refractivity contribution in [1.29, 1.82) is 0 Å². The molecule has 5 nitrogen and oxygen atoms in total. The van der Waals surface area contributed by atoms with Gasteiger partial charge in [0.1, 0.15) is 6.54 Å². The second-order valence-corrected chi connectivity index (χ2v) is 5.40. The predicted octanol–water partition coefficient (Wildman–Crippen LogP) is 1.74. The Morgan fingerprint density at radius 2 is 2.05 bits per heavy atom. The van der Waals surface area contributed by atoms with Crippen LogP contribution in [0.4, 0.5) is 18.9 Å². The Morgan fingerprint density at radius 1 is 1.37 bits per heavy atom. The van der Waals surface area contributed by atoms with Crippen LogP contribution in [-0.2, 0) is 10.0 Å². The summed E-state index contributed by atoms with van der Waals surface area (Å²) < 4.78 is 61.1. The number of halogens is 3. The van der Waals surface area contributed by atoms with Crippen LogP contribution in [0.25, 0.3) is 0 Å². The normalized spacial score (nSPS) is 12.4. The highest BCUT2D eigenvalue weighted by atomic mass is 32.2. The second-order valence-electron chi connectivity index (χ2n) is 3.72. The van der Waals surface area contributed by atoms with Crippen molar-refractivity contribution < 1.29 is 21.6 Å². The molecular weight excluding hydrogens is 283 g/mol.